The van der Waals surface area contributed by atoms with Gasteiger partial charge in [-0.3, -0.25) is 4.79 Å². The maximum atomic E-state index is 13.0. The van der Waals surface area contributed by atoms with Crippen LogP contribution in [0.1, 0.15) is 29.0 Å². The van der Waals surface area contributed by atoms with Gasteiger partial charge in [0.15, 0.2) is 0 Å². The minimum absolute atomic E-state index is 0.00501. The van der Waals surface area contributed by atoms with Crippen LogP contribution >= 0.6 is 0 Å². The zero-order valence-electron chi connectivity index (χ0n) is 14.3. The fourth-order valence-electron chi connectivity index (χ4n) is 3.31. The van der Waals surface area contributed by atoms with Crippen molar-refractivity contribution in [1.82, 2.24) is 14.9 Å². The number of halogens is 1. The van der Waals surface area contributed by atoms with Gasteiger partial charge in [0.2, 0.25) is 5.91 Å². The normalized spacial score (nSPS) is 18.5. The van der Waals surface area contributed by atoms with E-state index in [0.29, 0.717) is 6.54 Å². The summed E-state index contributed by atoms with van der Waals surface area (Å²) in [5.74, 6) is 0.0306. The van der Waals surface area contributed by atoms with Crippen LogP contribution in [0.4, 0.5) is 4.39 Å². The summed E-state index contributed by atoms with van der Waals surface area (Å²) in [6.07, 6.45) is 6.31. The third-order valence-electron chi connectivity index (χ3n) is 4.81. The molecule has 4 rings (SSSR count). The van der Waals surface area contributed by atoms with E-state index in [-0.39, 0.29) is 23.6 Å². The van der Waals surface area contributed by atoms with Crippen LogP contribution in [0.25, 0.3) is 0 Å². The third-order valence-corrected chi connectivity index (χ3v) is 4.81. The Balaban J connectivity index is 1.31. The van der Waals surface area contributed by atoms with E-state index >= 15 is 0 Å². The highest BCUT2D eigenvalue weighted by molar-refractivity contribution is 5.82. The van der Waals surface area contributed by atoms with Gasteiger partial charge in [-0.1, -0.05) is 36.4 Å². The lowest BCUT2D eigenvalue weighted by Crippen LogP contribution is -2.24. The Hall–Kier alpha value is -2.95. The predicted octanol–water partition coefficient (Wildman–Crippen LogP) is 3.49. The van der Waals surface area contributed by atoms with E-state index < -0.39 is 0 Å². The second-order valence-electron chi connectivity index (χ2n) is 6.77. The molecule has 1 fully saturated rings. The molecule has 1 N–H and O–H groups in total. The molecular formula is C21H20FN3O. The van der Waals surface area contributed by atoms with E-state index in [9.17, 15) is 9.18 Å². The average Bonchev–Trinajstić information content (AvgIpc) is 3.29. The zero-order valence-corrected chi connectivity index (χ0v) is 14.3. The van der Waals surface area contributed by atoms with E-state index in [1.54, 1.807) is 24.7 Å². The van der Waals surface area contributed by atoms with E-state index in [1.165, 1.54) is 17.7 Å². The molecule has 0 aliphatic heterocycles. The number of carbonyl (C=O) groups excluding carboxylic acids is 1. The van der Waals surface area contributed by atoms with E-state index in [0.717, 1.165) is 24.1 Å². The van der Waals surface area contributed by atoms with Gasteiger partial charge in [-0.15, -0.1) is 0 Å². The minimum atomic E-state index is -0.244. The second kappa shape index (κ2) is 7.12. The first-order valence-corrected chi connectivity index (χ1v) is 8.76. The van der Waals surface area contributed by atoms with Crippen molar-refractivity contribution in [1.29, 1.82) is 0 Å². The number of amides is 1. The Kier molecular flexibility index (Phi) is 4.52. The maximum absolute atomic E-state index is 13.0. The summed E-state index contributed by atoms with van der Waals surface area (Å²) in [5, 5.41) is 3.03. The van der Waals surface area contributed by atoms with E-state index in [1.807, 2.05) is 22.9 Å². The molecule has 2 atom stereocenters. The Bertz CT molecular complexity index is 890. The van der Waals surface area contributed by atoms with Crippen molar-refractivity contribution < 1.29 is 9.18 Å². The zero-order chi connectivity index (χ0) is 17.9. The summed E-state index contributed by atoms with van der Waals surface area (Å²) in [7, 11) is 0. The number of hydrogen-bond donors (Lipinski definition) is 1. The number of benzene rings is 2. The Labute approximate surface area is 151 Å². The van der Waals surface area contributed by atoms with Gasteiger partial charge in [-0.2, -0.15) is 0 Å². The Morgan fingerprint density at radius 2 is 2.00 bits per heavy atom. The molecule has 4 nitrogen and oxygen atoms in total. The molecule has 3 aromatic rings. The largest absolute Gasteiger partial charge is 0.352 e. The smallest absolute Gasteiger partial charge is 0.224 e. The standard InChI is InChI=1S/C21H20FN3O/c22-18-6-4-17(5-7-18)19-11-20(19)21(26)24-12-15-2-1-3-16(10-15)13-25-9-8-23-14-25/h1-10,14,19-20H,11-13H2,(H,24,26)/t19-,20-/m1/s1. The molecule has 0 radical (unpaired) electrons. The van der Waals surface area contributed by atoms with Crippen molar-refractivity contribution in [3.05, 3.63) is 89.8 Å². The highest BCUT2D eigenvalue weighted by Gasteiger charge is 2.43. The number of rotatable bonds is 6. The van der Waals surface area contributed by atoms with Crippen LogP contribution in [0.15, 0.2) is 67.3 Å². The van der Waals surface area contributed by atoms with Crippen molar-refractivity contribution >= 4 is 5.91 Å². The van der Waals surface area contributed by atoms with Crippen LogP contribution in [-0.4, -0.2) is 15.5 Å². The molecule has 1 aliphatic carbocycles. The molecule has 1 heterocycles. The van der Waals surface area contributed by atoms with E-state index in [4.69, 9.17) is 0 Å². The average molecular weight is 349 g/mol. The molecular weight excluding hydrogens is 329 g/mol. The Morgan fingerprint density at radius 3 is 2.77 bits per heavy atom. The third kappa shape index (κ3) is 3.82. The molecule has 26 heavy (non-hydrogen) atoms. The molecule has 0 saturated heterocycles. The monoisotopic (exact) mass is 349 g/mol. The molecule has 1 saturated carbocycles. The van der Waals surface area contributed by atoms with Gasteiger partial charge in [-0.05, 0) is 41.2 Å². The second-order valence-corrected chi connectivity index (χ2v) is 6.77. The lowest BCUT2D eigenvalue weighted by molar-refractivity contribution is -0.122. The first-order valence-electron chi connectivity index (χ1n) is 8.76. The maximum Gasteiger partial charge on any atom is 0.224 e. The topological polar surface area (TPSA) is 46.9 Å². The highest BCUT2D eigenvalue weighted by atomic mass is 19.1. The SMILES string of the molecule is O=C(NCc1cccc(Cn2ccnc2)c1)[C@@H]1C[C@@H]1c1ccc(F)cc1. The number of hydrogen-bond acceptors (Lipinski definition) is 2. The van der Waals surface area contributed by atoms with Gasteiger partial charge < -0.3 is 9.88 Å². The highest BCUT2D eigenvalue weighted by Crippen LogP contribution is 2.47. The first-order chi connectivity index (χ1) is 12.7. The summed E-state index contributed by atoms with van der Waals surface area (Å²) in [5.41, 5.74) is 3.29. The lowest BCUT2D eigenvalue weighted by atomic mass is 10.1. The van der Waals surface area contributed by atoms with Gasteiger partial charge in [0, 0.05) is 31.4 Å². The first kappa shape index (κ1) is 16.5. The minimum Gasteiger partial charge on any atom is -0.352 e. The molecule has 0 unspecified atom stereocenters. The van der Waals surface area contributed by atoms with Gasteiger partial charge in [0.1, 0.15) is 5.82 Å². The van der Waals surface area contributed by atoms with Crippen LogP contribution in [0.5, 0.6) is 0 Å². The number of carbonyl (C=O) groups is 1. The van der Waals surface area contributed by atoms with Crippen molar-refractivity contribution in [3.8, 4) is 0 Å². The van der Waals surface area contributed by atoms with Crippen LogP contribution in [0.2, 0.25) is 0 Å². The lowest BCUT2D eigenvalue weighted by Gasteiger charge is -2.08. The van der Waals surface area contributed by atoms with E-state index in [2.05, 4.69) is 22.4 Å². The van der Waals surface area contributed by atoms with Gasteiger partial charge in [0.05, 0.1) is 6.33 Å². The van der Waals surface area contributed by atoms with Crippen LogP contribution in [-0.2, 0) is 17.9 Å². The predicted molar refractivity (Wildman–Crippen MR) is 96.9 cm³/mol. The number of imidazole rings is 1. The summed E-state index contributed by atoms with van der Waals surface area (Å²) in [6.45, 7) is 1.28. The van der Waals surface area contributed by atoms with Crippen molar-refractivity contribution in [2.45, 2.75) is 25.4 Å². The number of nitrogens with zero attached hydrogens (tertiary/aromatic N) is 2. The molecule has 0 spiro atoms. The summed E-state index contributed by atoms with van der Waals surface area (Å²) >= 11 is 0. The molecule has 1 aromatic heterocycles. The fourth-order valence-corrected chi connectivity index (χ4v) is 3.31. The summed E-state index contributed by atoms with van der Waals surface area (Å²) in [6, 6.07) is 14.6. The molecule has 0 bridgehead atoms. The van der Waals surface area contributed by atoms with Gasteiger partial charge >= 0.3 is 0 Å². The van der Waals surface area contributed by atoms with Crippen LogP contribution in [0, 0.1) is 11.7 Å². The van der Waals surface area contributed by atoms with Crippen LogP contribution < -0.4 is 5.32 Å². The Morgan fingerprint density at radius 1 is 1.19 bits per heavy atom. The van der Waals surface area contributed by atoms with Crippen molar-refractivity contribution in [2.24, 2.45) is 5.92 Å². The summed E-state index contributed by atoms with van der Waals surface area (Å²) < 4.78 is 15.0. The fraction of sp³-hybridized carbons (Fsp3) is 0.238. The van der Waals surface area contributed by atoms with Gasteiger partial charge in [-0.25, -0.2) is 9.37 Å². The molecule has 1 aliphatic rings. The van der Waals surface area contributed by atoms with Crippen molar-refractivity contribution in [2.75, 3.05) is 0 Å². The number of aromatic nitrogens is 2. The number of nitrogens with one attached hydrogen (secondary N) is 1. The summed E-state index contributed by atoms with van der Waals surface area (Å²) in [4.78, 5) is 16.4. The molecule has 2 aromatic carbocycles. The van der Waals surface area contributed by atoms with Crippen molar-refractivity contribution in [3.63, 3.8) is 0 Å². The molecule has 5 heteroatoms. The van der Waals surface area contributed by atoms with Gasteiger partial charge in [0.25, 0.3) is 0 Å². The quantitative estimate of drug-likeness (QED) is 0.740. The molecule has 132 valence electrons. The van der Waals surface area contributed by atoms with Crippen LogP contribution in [0.3, 0.4) is 0 Å². The molecule has 1 amide bonds.